The van der Waals surface area contributed by atoms with Crippen LogP contribution in [0.4, 0.5) is 0 Å². The highest BCUT2D eigenvalue weighted by Gasteiger charge is 2.05. The minimum atomic E-state index is 0.479. The summed E-state index contributed by atoms with van der Waals surface area (Å²) >= 11 is 0. The number of hydrogen-bond acceptors (Lipinski definition) is 2. The normalized spacial score (nSPS) is 11.0. The molecule has 1 rings (SSSR count). The molecule has 0 aromatic carbocycles. The maximum atomic E-state index is 4.09. The molecular formula is C9H17N3. The molecule has 0 aliphatic heterocycles. The zero-order valence-electron chi connectivity index (χ0n) is 8.12. The fraction of sp³-hybridized carbons (Fsp3) is 0.778. The summed E-state index contributed by atoms with van der Waals surface area (Å²) in [7, 11) is 0. The van der Waals surface area contributed by atoms with Crippen molar-refractivity contribution in [2.75, 3.05) is 0 Å². The Morgan fingerprint density at radius 3 is 2.83 bits per heavy atom. The monoisotopic (exact) mass is 167 g/mol. The van der Waals surface area contributed by atoms with Crippen molar-refractivity contribution in [1.82, 2.24) is 14.8 Å². The quantitative estimate of drug-likeness (QED) is 0.688. The average molecular weight is 167 g/mol. The summed E-state index contributed by atoms with van der Waals surface area (Å²) in [6, 6.07) is 0.479. The topological polar surface area (TPSA) is 30.7 Å². The van der Waals surface area contributed by atoms with Crippen LogP contribution in [-0.4, -0.2) is 14.8 Å². The van der Waals surface area contributed by atoms with Crippen molar-refractivity contribution < 1.29 is 0 Å². The van der Waals surface area contributed by atoms with Crippen molar-refractivity contribution in [3.05, 3.63) is 12.2 Å². The van der Waals surface area contributed by atoms with Crippen LogP contribution in [0.2, 0.25) is 0 Å². The van der Waals surface area contributed by atoms with Crippen LogP contribution in [0.25, 0.3) is 0 Å². The van der Waals surface area contributed by atoms with Gasteiger partial charge in [-0.3, -0.25) is 0 Å². The summed E-state index contributed by atoms with van der Waals surface area (Å²) in [4.78, 5) is 0. The second-order valence-corrected chi connectivity index (χ2v) is 3.35. The first kappa shape index (κ1) is 9.23. The van der Waals surface area contributed by atoms with Crippen LogP contribution in [0.1, 0.15) is 45.5 Å². The summed E-state index contributed by atoms with van der Waals surface area (Å²) in [6.45, 7) is 6.49. The fourth-order valence-corrected chi connectivity index (χ4v) is 1.21. The van der Waals surface area contributed by atoms with Crippen LogP contribution in [0.5, 0.6) is 0 Å². The van der Waals surface area contributed by atoms with Crippen molar-refractivity contribution in [2.45, 2.75) is 46.1 Å². The minimum Gasteiger partial charge on any atom is -0.315 e. The summed E-state index contributed by atoms with van der Waals surface area (Å²) in [5.41, 5.74) is 0. The number of rotatable bonds is 4. The van der Waals surface area contributed by atoms with Gasteiger partial charge in [0.1, 0.15) is 12.2 Å². The van der Waals surface area contributed by atoms with E-state index in [0.717, 1.165) is 12.2 Å². The standard InChI is InChI=1S/C9H17N3/c1-4-5-6-9-11-10-7-12(9)8(2)3/h7-8H,4-6H2,1-3H3. The first-order valence-electron chi connectivity index (χ1n) is 4.64. The summed E-state index contributed by atoms with van der Waals surface area (Å²) in [5, 5.41) is 8.00. The van der Waals surface area contributed by atoms with Gasteiger partial charge in [0, 0.05) is 12.5 Å². The van der Waals surface area contributed by atoms with E-state index in [2.05, 4.69) is 35.5 Å². The van der Waals surface area contributed by atoms with E-state index in [4.69, 9.17) is 0 Å². The molecule has 0 saturated carbocycles. The van der Waals surface area contributed by atoms with Gasteiger partial charge in [-0.1, -0.05) is 13.3 Å². The predicted octanol–water partition coefficient (Wildman–Crippen LogP) is 2.20. The van der Waals surface area contributed by atoms with Crippen molar-refractivity contribution in [3.8, 4) is 0 Å². The Balaban J connectivity index is 2.64. The smallest absolute Gasteiger partial charge is 0.133 e. The van der Waals surface area contributed by atoms with Crippen molar-refractivity contribution in [2.24, 2.45) is 0 Å². The molecule has 0 radical (unpaired) electrons. The Bertz CT molecular complexity index is 227. The number of nitrogens with zero attached hydrogens (tertiary/aromatic N) is 3. The van der Waals surface area contributed by atoms with Crippen LogP contribution in [0.15, 0.2) is 6.33 Å². The zero-order valence-corrected chi connectivity index (χ0v) is 8.12. The molecule has 0 aliphatic carbocycles. The fourth-order valence-electron chi connectivity index (χ4n) is 1.21. The van der Waals surface area contributed by atoms with Gasteiger partial charge in [0.05, 0.1) is 0 Å². The lowest BCUT2D eigenvalue weighted by Gasteiger charge is -2.08. The molecule has 1 heterocycles. The molecule has 0 spiro atoms. The molecule has 0 saturated heterocycles. The highest BCUT2D eigenvalue weighted by atomic mass is 15.3. The second kappa shape index (κ2) is 4.24. The molecule has 1 aromatic rings. The van der Waals surface area contributed by atoms with Crippen LogP contribution < -0.4 is 0 Å². The maximum absolute atomic E-state index is 4.09. The Morgan fingerprint density at radius 2 is 2.25 bits per heavy atom. The molecule has 0 unspecified atom stereocenters. The largest absolute Gasteiger partial charge is 0.315 e. The van der Waals surface area contributed by atoms with E-state index in [1.807, 2.05) is 6.33 Å². The van der Waals surface area contributed by atoms with E-state index in [0.29, 0.717) is 6.04 Å². The summed E-state index contributed by atoms with van der Waals surface area (Å²) in [6.07, 6.45) is 5.28. The van der Waals surface area contributed by atoms with Crippen LogP contribution in [0, 0.1) is 0 Å². The van der Waals surface area contributed by atoms with Gasteiger partial charge in [-0.2, -0.15) is 0 Å². The Labute approximate surface area is 73.8 Å². The Hall–Kier alpha value is -0.860. The molecular weight excluding hydrogens is 150 g/mol. The molecule has 0 atom stereocenters. The highest BCUT2D eigenvalue weighted by Crippen LogP contribution is 2.08. The molecule has 0 bridgehead atoms. The zero-order chi connectivity index (χ0) is 8.97. The number of aromatic nitrogens is 3. The van der Waals surface area contributed by atoms with Gasteiger partial charge in [0.25, 0.3) is 0 Å². The van der Waals surface area contributed by atoms with E-state index < -0.39 is 0 Å². The third-order valence-electron chi connectivity index (χ3n) is 1.96. The molecule has 0 aliphatic rings. The predicted molar refractivity (Wildman–Crippen MR) is 49.0 cm³/mol. The van der Waals surface area contributed by atoms with Crippen LogP contribution in [-0.2, 0) is 6.42 Å². The molecule has 12 heavy (non-hydrogen) atoms. The second-order valence-electron chi connectivity index (χ2n) is 3.35. The van der Waals surface area contributed by atoms with Crippen molar-refractivity contribution in [3.63, 3.8) is 0 Å². The van der Waals surface area contributed by atoms with Gasteiger partial charge >= 0.3 is 0 Å². The molecule has 0 fully saturated rings. The Kier molecular flexibility index (Phi) is 3.26. The minimum absolute atomic E-state index is 0.479. The number of aryl methyl sites for hydroxylation is 1. The third-order valence-corrected chi connectivity index (χ3v) is 1.96. The van der Waals surface area contributed by atoms with Gasteiger partial charge in [-0.25, -0.2) is 0 Å². The SMILES string of the molecule is CCCCc1nncn1C(C)C. The molecule has 0 N–H and O–H groups in total. The first-order chi connectivity index (χ1) is 5.75. The molecule has 3 nitrogen and oxygen atoms in total. The maximum Gasteiger partial charge on any atom is 0.133 e. The van der Waals surface area contributed by atoms with E-state index in [9.17, 15) is 0 Å². The van der Waals surface area contributed by atoms with E-state index >= 15 is 0 Å². The third kappa shape index (κ3) is 2.06. The van der Waals surface area contributed by atoms with Crippen molar-refractivity contribution >= 4 is 0 Å². The summed E-state index contributed by atoms with van der Waals surface area (Å²) < 4.78 is 2.13. The lowest BCUT2D eigenvalue weighted by atomic mass is 10.2. The van der Waals surface area contributed by atoms with E-state index in [-0.39, 0.29) is 0 Å². The van der Waals surface area contributed by atoms with E-state index in [1.165, 1.54) is 12.8 Å². The lowest BCUT2D eigenvalue weighted by Crippen LogP contribution is -2.05. The summed E-state index contributed by atoms with van der Waals surface area (Å²) in [5.74, 6) is 1.12. The lowest BCUT2D eigenvalue weighted by molar-refractivity contribution is 0.558. The number of unbranched alkanes of at least 4 members (excludes halogenated alkanes) is 1. The van der Waals surface area contributed by atoms with Gasteiger partial charge < -0.3 is 4.57 Å². The molecule has 1 aromatic heterocycles. The average Bonchev–Trinajstić information content (AvgIpc) is 2.48. The first-order valence-corrected chi connectivity index (χ1v) is 4.64. The Morgan fingerprint density at radius 1 is 1.50 bits per heavy atom. The van der Waals surface area contributed by atoms with Crippen LogP contribution >= 0.6 is 0 Å². The molecule has 68 valence electrons. The van der Waals surface area contributed by atoms with Gasteiger partial charge in [0.2, 0.25) is 0 Å². The molecule has 3 heteroatoms. The van der Waals surface area contributed by atoms with Crippen LogP contribution in [0.3, 0.4) is 0 Å². The highest BCUT2D eigenvalue weighted by molar-refractivity contribution is 4.87. The van der Waals surface area contributed by atoms with Gasteiger partial charge in [0.15, 0.2) is 0 Å². The number of hydrogen-bond donors (Lipinski definition) is 0. The van der Waals surface area contributed by atoms with Crippen molar-refractivity contribution in [1.29, 1.82) is 0 Å². The molecule has 0 amide bonds. The van der Waals surface area contributed by atoms with Gasteiger partial charge in [-0.05, 0) is 20.3 Å². The van der Waals surface area contributed by atoms with Gasteiger partial charge in [-0.15, -0.1) is 10.2 Å². The van der Waals surface area contributed by atoms with E-state index in [1.54, 1.807) is 0 Å².